The van der Waals surface area contributed by atoms with E-state index in [1.54, 1.807) is 14.2 Å². The monoisotopic (exact) mass is 342 g/mol. The average Bonchev–Trinajstić information content (AvgIpc) is 2.65. The van der Waals surface area contributed by atoms with Crippen LogP contribution in [0.25, 0.3) is 0 Å². The van der Waals surface area contributed by atoms with Gasteiger partial charge in [-0.25, -0.2) is 0 Å². The lowest BCUT2D eigenvalue weighted by molar-refractivity contribution is -0.119. The van der Waals surface area contributed by atoms with Crippen molar-refractivity contribution >= 4 is 11.6 Å². The fourth-order valence-electron chi connectivity index (χ4n) is 2.60. The molecule has 0 aromatic heterocycles. The number of methoxy groups -OCH3 is 2. The number of aryl methyl sites for hydroxylation is 1. The number of benzene rings is 2. The second kappa shape index (κ2) is 9.57. The molecule has 5 heteroatoms. The van der Waals surface area contributed by atoms with Crippen LogP contribution in [-0.4, -0.2) is 40.3 Å². The highest BCUT2D eigenvalue weighted by Gasteiger charge is 2.07. The number of rotatable bonds is 9. The first-order valence-corrected chi connectivity index (χ1v) is 8.38. The van der Waals surface area contributed by atoms with Crippen LogP contribution in [0.5, 0.6) is 11.5 Å². The third-order valence-electron chi connectivity index (χ3n) is 3.99. The molecule has 0 aliphatic carbocycles. The van der Waals surface area contributed by atoms with E-state index in [1.807, 2.05) is 60.5 Å². The zero-order valence-electron chi connectivity index (χ0n) is 15.1. The van der Waals surface area contributed by atoms with Gasteiger partial charge >= 0.3 is 0 Å². The van der Waals surface area contributed by atoms with Gasteiger partial charge in [-0.1, -0.05) is 24.3 Å². The summed E-state index contributed by atoms with van der Waals surface area (Å²) in [6.45, 7) is 0.996. The first-order chi connectivity index (χ1) is 12.1. The van der Waals surface area contributed by atoms with Crippen LogP contribution in [0.15, 0.2) is 48.5 Å². The number of nitrogens with zero attached hydrogens (tertiary/aromatic N) is 1. The highest BCUT2D eigenvalue weighted by Crippen LogP contribution is 2.27. The summed E-state index contributed by atoms with van der Waals surface area (Å²) in [5.74, 6) is 1.48. The maximum Gasteiger partial charge on any atom is 0.239 e. The largest absolute Gasteiger partial charge is 0.493 e. The van der Waals surface area contributed by atoms with Crippen molar-refractivity contribution < 1.29 is 14.3 Å². The summed E-state index contributed by atoms with van der Waals surface area (Å²) >= 11 is 0. The summed E-state index contributed by atoms with van der Waals surface area (Å²) < 4.78 is 10.5. The molecule has 0 saturated carbocycles. The van der Waals surface area contributed by atoms with Crippen molar-refractivity contribution in [2.24, 2.45) is 0 Å². The summed E-state index contributed by atoms with van der Waals surface area (Å²) in [6, 6.07) is 15.8. The average molecular weight is 342 g/mol. The van der Waals surface area contributed by atoms with E-state index in [0.29, 0.717) is 13.1 Å². The van der Waals surface area contributed by atoms with Crippen molar-refractivity contribution in [2.75, 3.05) is 39.3 Å². The van der Waals surface area contributed by atoms with Crippen LogP contribution < -0.4 is 19.7 Å². The Bertz CT molecular complexity index is 674. The normalized spacial score (nSPS) is 10.2. The van der Waals surface area contributed by atoms with Crippen molar-refractivity contribution in [3.05, 3.63) is 54.1 Å². The van der Waals surface area contributed by atoms with Gasteiger partial charge in [0.1, 0.15) is 0 Å². The zero-order valence-corrected chi connectivity index (χ0v) is 15.1. The molecule has 0 saturated heterocycles. The molecule has 0 aliphatic rings. The van der Waals surface area contributed by atoms with Gasteiger partial charge in [0.05, 0.1) is 20.8 Å². The van der Waals surface area contributed by atoms with Gasteiger partial charge in [0.15, 0.2) is 11.5 Å². The molecule has 0 fully saturated rings. The molecule has 2 aromatic rings. The molecule has 5 nitrogen and oxygen atoms in total. The summed E-state index contributed by atoms with van der Waals surface area (Å²) in [5.41, 5.74) is 2.19. The Labute approximate surface area is 149 Å². The second-order valence-electron chi connectivity index (χ2n) is 5.83. The molecule has 25 heavy (non-hydrogen) atoms. The number of carbonyl (C=O) groups excluding carboxylic acids is 1. The van der Waals surface area contributed by atoms with Crippen LogP contribution >= 0.6 is 0 Å². The second-order valence-corrected chi connectivity index (χ2v) is 5.83. The van der Waals surface area contributed by atoms with Crippen LogP contribution in [0.2, 0.25) is 0 Å². The Balaban J connectivity index is 1.73. The van der Waals surface area contributed by atoms with Crippen LogP contribution in [-0.2, 0) is 11.2 Å². The van der Waals surface area contributed by atoms with Crippen LogP contribution in [0.4, 0.5) is 5.69 Å². The molecule has 0 unspecified atom stereocenters. The lowest BCUT2D eigenvalue weighted by Gasteiger charge is -2.18. The van der Waals surface area contributed by atoms with Crippen molar-refractivity contribution in [2.45, 2.75) is 12.8 Å². The Morgan fingerprint density at radius 3 is 2.44 bits per heavy atom. The first kappa shape index (κ1) is 18.6. The molecule has 0 aliphatic heterocycles. The molecule has 134 valence electrons. The molecule has 1 amide bonds. The topological polar surface area (TPSA) is 50.8 Å². The smallest absolute Gasteiger partial charge is 0.239 e. The molecule has 1 N–H and O–H groups in total. The summed E-state index contributed by atoms with van der Waals surface area (Å²) in [5, 5.41) is 2.97. The molecule has 0 bridgehead atoms. The predicted molar refractivity (Wildman–Crippen MR) is 101 cm³/mol. The van der Waals surface area contributed by atoms with Gasteiger partial charge < -0.3 is 19.7 Å². The minimum absolute atomic E-state index is 0.0265. The Morgan fingerprint density at radius 2 is 1.76 bits per heavy atom. The third kappa shape index (κ3) is 5.71. The Hall–Kier alpha value is -2.69. The molecule has 2 rings (SSSR count). The molecule has 2 aromatic carbocycles. The summed E-state index contributed by atoms with van der Waals surface area (Å²) in [7, 11) is 5.17. The van der Waals surface area contributed by atoms with Gasteiger partial charge in [0.25, 0.3) is 0 Å². The van der Waals surface area contributed by atoms with Gasteiger partial charge in [-0.3, -0.25) is 4.79 Å². The van der Waals surface area contributed by atoms with E-state index in [9.17, 15) is 4.79 Å². The minimum Gasteiger partial charge on any atom is -0.493 e. The van der Waals surface area contributed by atoms with E-state index in [-0.39, 0.29) is 5.91 Å². The predicted octanol–water partition coefficient (Wildman–Crippen LogP) is 2.89. The number of carbonyl (C=O) groups is 1. The zero-order chi connectivity index (χ0) is 18.1. The lowest BCUT2D eigenvalue weighted by Crippen LogP contribution is -2.35. The quantitative estimate of drug-likeness (QED) is 0.712. The Kier molecular flexibility index (Phi) is 7.14. The number of nitrogens with one attached hydrogen (secondary N) is 1. The maximum absolute atomic E-state index is 12.0. The van der Waals surface area contributed by atoms with E-state index in [4.69, 9.17) is 9.47 Å². The van der Waals surface area contributed by atoms with Gasteiger partial charge in [-0.15, -0.1) is 0 Å². The van der Waals surface area contributed by atoms with Crippen molar-refractivity contribution in [3.8, 4) is 11.5 Å². The molecule has 0 radical (unpaired) electrons. The van der Waals surface area contributed by atoms with Gasteiger partial charge in [-0.05, 0) is 42.7 Å². The molecule has 0 atom stereocenters. The van der Waals surface area contributed by atoms with E-state index >= 15 is 0 Å². The van der Waals surface area contributed by atoms with Gasteiger partial charge in [0.2, 0.25) is 5.91 Å². The SMILES string of the molecule is COc1ccc(CCCNC(=O)CN(C)c2ccccc2)cc1OC. The fourth-order valence-corrected chi connectivity index (χ4v) is 2.60. The minimum atomic E-state index is 0.0265. The first-order valence-electron chi connectivity index (χ1n) is 8.38. The lowest BCUT2D eigenvalue weighted by atomic mass is 10.1. The summed E-state index contributed by atoms with van der Waals surface area (Å²) in [6.07, 6.45) is 1.74. The van der Waals surface area contributed by atoms with E-state index in [2.05, 4.69) is 5.32 Å². The number of amides is 1. The molecule has 0 spiro atoms. The van der Waals surface area contributed by atoms with Crippen molar-refractivity contribution in [1.29, 1.82) is 0 Å². The third-order valence-corrected chi connectivity index (χ3v) is 3.99. The molecular weight excluding hydrogens is 316 g/mol. The highest BCUT2D eigenvalue weighted by molar-refractivity contribution is 5.81. The standard InChI is InChI=1S/C20H26N2O3/c1-22(17-9-5-4-6-10-17)15-20(23)21-13-7-8-16-11-12-18(24-2)19(14-16)25-3/h4-6,9-12,14H,7-8,13,15H2,1-3H3,(H,21,23). The molecular formula is C20H26N2O3. The number of hydrogen-bond donors (Lipinski definition) is 1. The Morgan fingerprint density at radius 1 is 1.04 bits per heavy atom. The summed E-state index contributed by atoms with van der Waals surface area (Å²) in [4.78, 5) is 14.0. The van der Waals surface area contributed by atoms with Crippen LogP contribution in [0.1, 0.15) is 12.0 Å². The number of likely N-dealkylation sites (N-methyl/N-ethyl adjacent to an activating group) is 1. The van der Waals surface area contributed by atoms with E-state index in [1.165, 1.54) is 0 Å². The van der Waals surface area contributed by atoms with Crippen LogP contribution in [0, 0.1) is 0 Å². The molecule has 0 heterocycles. The van der Waals surface area contributed by atoms with Gasteiger partial charge in [-0.2, -0.15) is 0 Å². The highest BCUT2D eigenvalue weighted by atomic mass is 16.5. The maximum atomic E-state index is 12.0. The van der Waals surface area contributed by atoms with Gasteiger partial charge in [0, 0.05) is 19.3 Å². The number of anilines is 1. The van der Waals surface area contributed by atoms with Crippen molar-refractivity contribution in [1.82, 2.24) is 5.32 Å². The van der Waals surface area contributed by atoms with Crippen LogP contribution in [0.3, 0.4) is 0 Å². The van der Waals surface area contributed by atoms with Crippen molar-refractivity contribution in [3.63, 3.8) is 0 Å². The number of hydrogen-bond acceptors (Lipinski definition) is 4. The number of para-hydroxylation sites is 1. The van der Waals surface area contributed by atoms with E-state index in [0.717, 1.165) is 35.6 Å². The number of ether oxygens (including phenoxy) is 2. The fraction of sp³-hybridized carbons (Fsp3) is 0.350. The van der Waals surface area contributed by atoms with E-state index < -0.39 is 0 Å².